The SMILES string of the molecule is I/C=C\COC/C=C/c1ccccc1. The molecule has 0 heterocycles. The van der Waals surface area contributed by atoms with Gasteiger partial charge in [-0.15, -0.1) is 0 Å². The molecule has 0 saturated heterocycles. The first-order chi connectivity index (χ1) is 6.93. The summed E-state index contributed by atoms with van der Waals surface area (Å²) in [6.07, 6.45) is 6.07. The topological polar surface area (TPSA) is 9.23 Å². The Balaban J connectivity index is 2.21. The van der Waals surface area contributed by atoms with E-state index < -0.39 is 0 Å². The average molecular weight is 300 g/mol. The fourth-order valence-corrected chi connectivity index (χ4v) is 1.20. The first kappa shape index (κ1) is 11.5. The maximum atomic E-state index is 5.32. The normalized spacial score (nSPS) is 11.5. The second-order valence-electron chi connectivity index (χ2n) is 2.71. The average Bonchev–Trinajstić information content (AvgIpc) is 2.25. The van der Waals surface area contributed by atoms with E-state index in [9.17, 15) is 0 Å². The minimum absolute atomic E-state index is 0.663. The highest BCUT2D eigenvalue weighted by Crippen LogP contribution is 2.00. The summed E-state index contributed by atoms with van der Waals surface area (Å²) in [5.41, 5.74) is 1.21. The Hall–Kier alpha value is -0.610. The Bertz CT molecular complexity index is 290. The number of benzene rings is 1. The van der Waals surface area contributed by atoms with Crippen molar-refractivity contribution in [2.45, 2.75) is 0 Å². The molecule has 0 bridgehead atoms. The third-order valence-electron chi connectivity index (χ3n) is 1.63. The first-order valence-corrected chi connectivity index (χ1v) is 5.72. The van der Waals surface area contributed by atoms with E-state index in [0.29, 0.717) is 13.2 Å². The lowest BCUT2D eigenvalue weighted by Crippen LogP contribution is -1.89. The molecular weight excluding hydrogens is 287 g/mol. The van der Waals surface area contributed by atoms with Crippen LogP contribution in [0.25, 0.3) is 6.08 Å². The quantitative estimate of drug-likeness (QED) is 0.595. The van der Waals surface area contributed by atoms with E-state index in [1.165, 1.54) is 5.56 Å². The monoisotopic (exact) mass is 300 g/mol. The molecule has 0 unspecified atom stereocenters. The van der Waals surface area contributed by atoms with E-state index >= 15 is 0 Å². The fourth-order valence-electron chi connectivity index (χ4n) is 0.989. The fraction of sp³-hybridized carbons (Fsp3) is 0.167. The van der Waals surface area contributed by atoms with Crippen molar-refractivity contribution in [3.8, 4) is 0 Å². The molecule has 74 valence electrons. The lowest BCUT2D eigenvalue weighted by molar-refractivity contribution is 0.194. The first-order valence-electron chi connectivity index (χ1n) is 4.48. The molecule has 0 aromatic heterocycles. The Morgan fingerprint density at radius 2 is 1.79 bits per heavy atom. The Labute approximate surface area is 98.6 Å². The van der Waals surface area contributed by atoms with E-state index in [2.05, 4.69) is 40.8 Å². The van der Waals surface area contributed by atoms with Crippen molar-refractivity contribution >= 4 is 28.7 Å². The van der Waals surface area contributed by atoms with Crippen LogP contribution in [0.4, 0.5) is 0 Å². The van der Waals surface area contributed by atoms with Crippen LogP contribution in [-0.2, 0) is 4.74 Å². The zero-order valence-corrected chi connectivity index (χ0v) is 10.1. The van der Waals surface area contributed by atoms with Crippen molar-refractivity contribution in [1.29, 1.82) is 0 Å². The molecule has 1 aromatic carbocycles. The summed E-state index contributed by atoms with van der Waals surface area (Å²) in [4.78, 5) is 0. The summed E-state index contributed by atoms with van der Waals surface area (Å²) in [6.45, 7) is 1.35. The van der Waals surface area contributed by atoms with Crippen LogP contribution >= 0.6 is 22.6 Å². The summed E-state index contributed by atoms with van der Waals surface area (Å²) < 4.78 is 7.27. The zero-order chi connectivity index (χ0) is 10.1. The van der Waals surface area contributed by atoms with Crippen LogP contribution in [0.15, 0.2) is 46.6 Å². The molecule has 0 radical (unpaired) electrons. The van der Waals surface area contributed by atoms with Gasteiger partial charge in [-0.2, -0.15) is 0 Å². The van der Waals surface area contributed by atoms with E-state index in [4.69, 9.17) is 4.74 Å². The second kappa shape index (κ2) is 7.76. The predicted octanol–water partition coefficient (Wildman–Crippen LogP) is 3.67. The largest absolute Gasteiger partial charge is 0.373 e. The maximum Gasteiger partial charge on any atom is 0.0659 e. The molecule has 0 N–H and O–H groups in total. The third-order valence-corrected chi connectivity index (χ3v) is 2.14. The van der Waals surface area contributed by atoms with Crippen LogP contribution in [0, 0.1) is 0 Å². The standard InChI is InChI=1S/C12H13IO/c13-9-5-11-14-10-4-8-12-6-2-1-3-7-12/h1-9H,10-11H2/b8-4+,9-5-. The molecule has 0 aliphatic carbocycles. The van der Waals surface area contributed by atoms with Gasteiger partial charge >= 0.3 is 0 Å². The highest BCUT2D eigenvalue weighted by molar-refractivity contribution is 14.1. The molecule has 2 heteroatoms. The van der Waals surface area contributed by atoms with Gasteiger partial charge in [-0.1, -0.05) is 71.2 Å². The molecule has 1 aromatic rings. The summed E-state index contributed by atoms with van der Waals surface area (Å²) in [5.74, 6) is 0. The Morgan fingerprint density at radius 3 is 2.50 bits per heavy atom. The molecule has 0 spiro atoms. The Morgan fingerprint density at radius 1 is 1.07 bits per heavy atom. The summed E-state index contributed by atoms with van der Waals surface area (Å²) >= 11 is 2.18. The van der Waals surface area contributed by atoms with Crippen LogP contribution in [-0.4, -0.2) is 13.2 Å². The van der Waals surface area contributed by atoms with E-state index in [-0.39, 0.29) is 0 Å². The van der Waals surface area contributed by atoms with Crippen LogP contribution < -0.4 is 0 Å². The lowest BCUT2D eigenvalue weighted by atomic mass is 10.2. The van der Waals surface area contributed by atoms with Crippen LogP contribution in [0.2, 0.25) is 0 Å². The van der Waals surface area contributed by atoms with Gasteiger partial charge in [0.25, 0.3) is 0 Å². The minimum atomic E-state index is 0.663. The number of hydrogen-bond acceptors (Lipinski definition) is 1. The molecule has 0 fully saturated rings. The Kier molecular flexibility index (Phi) is 6.36. The summed E-state index contributed by atoms with van der Waals surface area (Å²) in [5, 5.41) is 0. The molecule has 0 aliphatic heterocycles. The van der Waals surface area contributed by atoms with Crippen LogP contribution in [0.5, 0.6) is 0 Å². The molecule has 1 rings (SSSR count). The number of halogens is 1. The smallest absolute Gasteiger partial charge is 0.0659 e. The van der Waals surface area contributed by atoms with Gasteiger partial charge < -0.3 is 4.74 Å². The van der Waals surface area contributed by atoms with Gasteiger partial charge in [-0.25, -0.2) is 0 Å². The summed E-state index contributed by atoms with van der Waals surface area (Å²) in [7, 11) is 0. The van der Waals surface area contributed by atoms with Gasteiger partial charge in [0.05, 0.1) is 13.2 Å². The third kappa shape index (κ3) is 5.19. The van der Waals surface area contributed by atoms with Gasteiger partial charge in [0.1, 0.15) is 0 Å². The second-order valence-corrected chi connectivity index (χ2v) is 3.43. The molecule has 0 aliphatic rings. The number of rotatable bonds is 5. The van der Waals surface area contributed by atoms with Crippen molar-refractivity contribution in [2.75, 3.05) is 13.2 Å². The zero-order valence-electron chi connectivity index (χ0n) is 7.90. The van der Waals surface area contributed by atoms with Crippen molar-refractivity contribution < 1.29 is 4.74 Å². The van der Waals surface area contributed by atoms with Crippen molar-refractivity contribution in [2.24, 2.45) is 0 Å². The number of ether oxygens (including phenoxy) is 1. The predicted molar refractivity (Wildman–Crippen MR) is 69.5 cm³/mol. The maximum absolute atomic E-state index is 5.32. The van der Waals surface area contributed by atoms with Gasteiger partial charge in [0.15, 0.2) is 0 Å². The number of hydrogen-bond donors (Lipinski definition) is 0. The minimum Gasteiger partial charge on any atom is -0.373 e. The highest BCUT2D eigenvalue weighted by Gasteiger charge is 1.82. The van der Waals surface area contributed by atoms with Crippen molar-refractivity contribution in [3.63, 3.8) is 0 Å². The van der Waals surface area contributed by atoms with Gasteiger partial charge in [0.2, 0.25) is 0 Å². The molecule has 1 nitrogen and oxygen atoms in total. The van der Waals surface area contributed by atoms with E-state index in [0.717, 1.165) is 0 Å². The van der Waals surface area contributed by atoms with Crippen LogP contribution in [0.3, 0.4) is 0 Å². The molecule has 14 heavy (non-hydrogen) atoms. The molecular formula is C12H13IO. The van der Waals surface area contributed by atoms with Crippen molar-refractivity contribution in [1.82, 2.24) is 0 Å². The van der Waals surface area contributed by atoms with Crippen LogP contribution in [0.1, 0.15) is 5.56 Å². The van der Waals surface area contributed by atoms with Gasteiger partial charge in [0, 0.05) is 0 Å². The van der Waals surface area contributed by atoms with E-state index in [1.54, 1.807) is 0 Å². The molecule has 0 amide bonds. The van der Waals surface area contributed by atoms with Crippen molar-refractivity contribution in [3.05, 3.63) is 52.1 Å². The van der Waals surface area contributed by atoms with Gasteiger partial charge in [-0.05, 0) is 9.65 Å². The summed E-state index contributed by atoms with van der Waals surface area (Å²) in [6, 6.07) is 10.2. The lowest BCUT2D eigenvalue weighted by Gasteiger charge is -1.94. The molecule has 0 saturated carbocycles. The van der Waals surface area contributed by atoms with Gasteiger partial charge in [-0.3, -0.25) is 0 Å². The van der Waals surface area contributed by atoms with E-state index in [1.807, 2.05) is 34.4 Å². The molecule has 0 atom stereocenters. The highest BCUT2D eigenvalue weighted by atomic mass is 127.